The molecule has 2 aromatic rings. The molecule has 0 fully saturated rings. The minimum absolute atomic E-state index is 0.151. The molecule has 80 valence electrons. The number of pyridine rings is 1. The Bertz CT molecular complexity index is 643. The van der Waals surface area contributed by atoms with E-state index < -0.39 is 0 Å². The summed E-state index contributed by atoms with van der Waals surface area (Å²) in [5.74, 6) is 0. The molecule has 0 saturated carbocycles. The number of halogens is 1. The lowest BCUT2D eigenvalue weighted by Crippen LogP contribution is -2.06. The molecule has 1 N–H and O–H groups in total. The van der Waals surface area contributed by atoms with E-state index in [2.05, 4.69) is 15.0 Å². The largest absolute Gasteiger partial charge is 0.322 e. The van der Waals surface area contributed by atoms with Gasteiger partial charge in [0, 0.05) is 21.4 Å². The second kappa shape index (κ2) is 4.26. The molecule has 0 spiro atoms. The maximum absolute atomic E-state index is 11.3. The molecule has 1 aromatic carbocycles. The summed E-state index contributed by atoms with van der Waals surface area (Å²) in [6.45, 7) is 0.151. The predicted molar refractivity (Wildman–Crippen MR) is 62.4 cm³/mol. The lowest BCUT2D eigenvalue weighted by Gasteiger charge is -2.03. The summed E-state index contributed by atoms with van der Waals surface area (Å²) >= 11 is 5.82. The van der Waals surface area contributed by atoms with Crippen LogP contribution in [0.25, 0.3) is 21.3 Å². The van der Waals surface area contributed by atoms with Crippen molar-refractivity contribution in [1.29, 1.82) is 0 Å². The standard InChI is InChI=1S/C10H7ClN4O/c11-7-1-2-8-6(5-13-15-12)3-10(16)14-9(8)4-7/h1-4H,5H2,(H,14,16). The van der Waals surface area contributed by atoms with Gasteiger partial charge < -0.3 is 4.98 Å². The Hall–Kier alpha value is -1.97. The van der Waals surface area contributed by atoms with Gasteiger partial charge in [-0.1, -0.05) is 22.8 Å². The molecule has 0 atom stereocenters. The minimum atomic E-state index is -0.238. The average Bonchev–Trinajstić information content (AvgIpc) is 2.25. The third kappa shape index (κ3) is 2.00. The molecular formula is C10H7ClN4O. The number of hydrogen-bond acceptors (Lipinski definition) is 2. The molecule has 6 heteroatoms. The number of hydrogen-bond donors (Lipinski definition) is 1. The number of H-pyrrole nitrogens is 1. The van der Waals surface area contributed by atoms with Crippen LogP contribution in [0.1, 0.15) is 5.56 Å². The van der Waals surface area contributed by atoms with E-state index in [1.54, 1.807) is 18.2 Å². The Kier molecular flexibility index (Phi) is 2.81. The van der Waals surface area contributed by atoms with E-state index in [1.807, 2.05) is 0 Å². The first-order chi connectivity index (χ1) is 7.70. The van der Waals surface area contributed by atoms with Gasteiger partial charge in [0.05, 0.1) is 12.1 Å². The van der Waals surface area contributed by atoms with Crippen molar-refractivity contribution in [3.63, 3.8) is 0 Å². The average molecular weight is 235 g/mol. The van der Waals surface area contributed by atoms with Gasteiger partial charge in [-0.3, -0.25) is 4.79 Å². The van der Waals surface area contributed by atoms with Crippen molar-refractivity contribution >= 4 is 22.5 Å². The van der Waals surface area contributed by atoms with Crippen LogP contribution in [0.15, 0.2) is 34.2 Å². The van der Waals surface area contributed by atoms with Crippen LogP contribution in [0.5, 0.6) is 0 Å². The van der Waals surface area contributed by atoms with Crippen LogP contribution < -0.4 is 5.56 Å². The van der Waals surface area contributed by atoms with Gasteiger partial charge in [-0.25, -0.2) is 0 Å². The summed E-state index contributed by atoms with van der Waals surface area (Å²) in [5, 5.41) is 4.83. The Morgan fingerprint density at radius 3 is 3.00 bits per heavy atom. The lowest BCUT2D eigenvalue weighted by atomic mass is 10.1. The zero-order chi connectivity index (χ0) is 11.5. The van der Waals surface area contributed by atoms with Gasteiger partial charge in [-0.15, -0.1) is 0 Å². The molecule has 0 radical (unpaired) electrons. The Morgan fingerprint density at radius 1 is 1.44 bits per heavy atom. The first-order valence-electron chi connectivity index (χ1n) is 4.53. The van der Waals surface area contributed by atoms with Gasteiger partial charge in [0.15, 0.2) is 0 Å². The van der Waals surface area contributed by atoms with Gasteiger partial charge in [-0.2, -0.15) is 0 Å². The van der Waals surface area contributed by atoms with Crippen LogP contribution in [-0.2, 0) is 6.54 Å². The molecule has 0 amide bonds. The van der Waals surface area contributed by atoms with Crippen molar-refractivity contribution in [2.24, 2.45) is 5.11 Å². The summed E-state index contributed by atoms with van der Waals surface area (Å²) in [6, 6.07) is 6.60. The van der Waals surface area contributed by atoms with E-state index in [0.29, 0.717) is 16.1 Å². The number of rotatable bonds is 2. The van der Waals surface area contributed by atoms with Crippen molar-refractivity contribution < 1.29 is 0 Å². The van der Waals surface area contributed by atoms with E-state index >= 15 is 0 Å². The number of fused-ring (bicyclic) bond motifs is 1. The Balaban J connectivity index is 2.72. The number of aromatic nitrogens is 1. The van der Waals surface area contributed by atoms with E-state index in [0.717, 1.165) is 5.39 Å². The van der Waals surface area contributed by atoms with Crippen LogP contribution in [0, 0.1) is 0 Å². The molecule has 16 heavy (non-hydrogen) atoms. The SMILES string of the molecule is [N-]=[N+]=NCc1cc(=O)[nH]c2cc(Cl)ccc12. The molecule has 0 saturated heterocycles. The van der Waals surface area contributed by atoms with Gasteiger partial charge in [0.2, 0.25) is 5.56 Å². The monoisotopic (exact) mass is 234 g/mol. The molecule has 0 aliphatic rings. The summed E-state index contributed by atoms with van der Waals surface area (Å²) in [4.78, 5) is 16.7. The molecule has 0 aliphatic heterocycles. The second-order valence-electron chi connectivity index (χ2n) is 3.24. The Labute approximate surface area is 95.3 Å². The van der Waals surface area contributed by atoms with Crippen molar-refractivity contribution in [2.75, 3.05) is 0 Å². The fraction of sp³-hybridized carbons (Fsp3) is 0.100. The van der Waals surface area contributed by atoms with Gasteiger partial charge in [0.25, 0.3) is 0 Å². The number of nitrogens with one attached hydrogen (secondary N) is 1. The van der Waals surface area contributed by atoms with Crippen molar-refractivity contribution in [1.82, 2.24) is 4.98 Å². The first kappa shape index (κ1) is 10.5. The highest BCUT2D eigenvalue weighted by atomic mass is 35.5. The van der Waals surface area contributed by atoms with E-state index in [1.165, 1.54) is 6.07 Å². The quantitative estimate of drug-likeness (QED) is 0.484. The molecular weight excluding hydrogens is 228 g/mol. The van der Waals surface area contributed by atoms with Crippen molar-refractivity contribution in [2.45, 2.75) is 6.54 Å². The molecule has 5 nitrogen and oxygen atoms in total. The molecule has 0 bridgehead atoms. The maximum Gasteiger partial charge on any atom is 0.248 e. The van der Waals surface area contributed by atoms with Gasteiger partial charge >= 0.3 is 0 Å². The molecule has 1 aromatic heterocycles. The van der Waals surface area contributed by atoms with Gasteiger partial charge in [-0.05, 0) is 23.2 Å². The zero-order valence-electron chi connectivity index (χ0n) is 8.14. The fourth-order valence-corrected chi connectivity index (χ4v) is 1.72. The van der Waals surface area contributed by atoms with Crippen LogP contribution >= 0.6 is 11.6 Å². The smallest absolute Gasteiger partial charge is 0.248 e. The normalized spacial score (nSPS) is 10.1. The highest BCUT2D eigenvalue weighted by Gasteiger charge is 2.02. The Morgan fingerprint density at radius 2 is 2.25 bits per heavy atom. The fourth-order valence-electron chi connectivity index (χ4n) is 1.54. The van der Waals surface area contributed by atoms with Crippen molar-refractivity contribution in [3.8, 4) is 0 Å². The summed E-state index contributed by atoms with van der Waals surface area (Å²) < 4.78 is 0. The van der Waals surface area contributed by atoms with Crippen LogP contribution in [0.2, 0.25) is 5.02 Å². The van der Waals surface area contributed by atoms with E-state index in [-0.39, 0.29) is 12.1 Å². The topological polar surface area (TPSA) is 81.6 Å². The third-order valence-corrected chi connectivity index (χ3v) is 2.43. The maximum atomic E-state index is 11.3. The number of benzene rings is 1. The van der Waals surface area contributed by atoms with Gasteiger partial charge in [0.1, 0.15) is 0 Å². The molecule has 2 rings (SSSR count). The summed E-state index contributed by atoms with van der Waals surface area (Å²) in [6.07, 6.45) is 0. The molecule has 1 heterocycles. The van der Waals surface area contributed by atoms with E-state index in [9.17, 15) is 4.79 Å². The zero-order valence-corrected chi connectivity index (χ0v) is 8.90. The van der Waals surface area contributed by atoms with Crippen LogP contribution in [0.3, 0.4) is 0 Å². The first-order valence-corrected chi connectivity index (χ1v) is 4.91. The number of nitrogens with zero attached hydrogens (tertiary/aromatic N) is 3. The lowest BCUT2D eigenvalue weighted by molar-refractivity contribution is 1.05. The number of aromatic amines is 1. The summed E-state index contributed by atoms with van der Waals surface area (Å²) in [5.41, 5.74) is 9.36. The second-order valence-corrected chi connectivity index (χ2v) is 3.67. The van der Waals surface area contributed by atoms with Crippen LogP contribution in [0.4, 0.5) is 0 Å². The molecule has 0 unspecified atom stereocenters. The molecule has 0 aliphatic carbocycles. The van der Waals surface area contributed by atoms with E-state index in [4.69, 9.17) is 17.1 Å². The minimum Gasteiger partial charge on any atom is -0.322 e. The highest BCUT2D eigenvalue weighted by Crippen LogP contribution is 2.20. The predicted octanol–water partition coefficient (Wildman–Crippen LogP) is 2.99. The summed E-state index contributed by atoms with van der Waals surface area (Å²) in [7, 11) is 0. The number of azide groups is 1. The highest BCUT2D eigenvalue weighted by molar-refractivity contribution is 6.31. The third-order valence-electron chi connectivity index (χ3n) is 2.20. The van der Waals surface area contributed by atoms with Crippen molar-refractivity contribution in [3.05, 3.63) is 55.6 Å². The van der Waals surface area contributed by atoms with Crippen LogP contribution in [-0.4, -0.2) is 4.98 Å².